The largest absolute Gasteiger partial charge is 0.354 e. The fourth-order valence-electron chi connectivity index (χ4n) is 3.78. The van der Waals surface area contributed by atoms with E-state index in [0.717, 1.165) is 25.8 Å². The molecule has 1 aromatic rings. The second-order valence-corrected chi connectivity index (χ2v) is 6.72. The fraction of sp³-hybridized carbons (Fsp3) is 0.611. The molecule has 0 aromatic heterocycles. The van der Waals surface area contributed by atoms with Gasteiger partial charge in [0.05, 0.1) is 5.54 Å². The van der Waals surface area contributed by atoms with E-state index in [-0.39, 0.29) is 17.4 Å². The molecule has 0 saturated heterocycles. The predicted octanol–water partition coefficient (Wildman–Crippen LogP) is 2.74. The highest BCUT2D eigenvalue weighted by atomic mass is 16.1. The summed E-state index contributed by atoms with van der Waals surface area (Å²) in [6, 6.07) is 8.59. The van der Waals surface area contributed by atoms with Crippen molar-refractivity contribution >= 4 is 5.91 Å². The maximum atomic E-state index is 12.4. The molecule has 2 aliphatic rings. The number of hydrogen-bond acceptors (Lipinski definition) is 2. The van der Waals surface area contributed by atoms with Gasteiger partial charge in [0.1, 0.15) is 0 Å². The Hall–Kier alpha value is -1.35. The molecule has 1 aromatic carbocycles. The van der Waals surface area contributed by atoms with Gasteiger partial charge in [-0.2, -0.15) is 0 Å². The van der Waals surface area contributed by atoms with E-state index in [9.17, 15) is 4.79 Å². The SMILES string of the molecule is C[C@@]1(CNC(=O)C2CCCCC2)NCCc2ccccc21. The second-order valence-electron chi connectivity index (χ2n) is 6.72. The van der Waals surface area contributed by atoms with E-state index < -0.39 is 0 Å². The van der Waals surface area contributed by atoms with Crippen LogP contribution in [0.2, 0.25) is 0 Å². The van der Waals surface area contributed by atoms with Gasteiger partial charge in [0, 0.05) is 19.0 Å². The zero-order chi connectivity index (χ0) is 14.7. The zero-order valence-electron chi connectivity index (χ0n) is 13.0. The van der Waals surface area contributed by atoms with Crippen LogP contribution in [0, 0.1) is 5.92 Å². The van der Waals surface area contributed by atoms with E-state index in [2.05, 4.69) is 41.8 Å². The third kappa shape index (κ3) is 3.13. The standard InChI is InChI=1S/C18H26N2O/c1-18(13-19-17(21)15-8-3-2-4-9-15)16-10-6-5-7-14(16)11-12-20-18/h5-7,10,15,20H,2-4,8-9,11-13H2,1H3,(H,19,21)/t18-/m0/s1. The first kappa shape index (κ1) is 14.6. The first-order valence-electron chi connectivity index (χ1n) is 8.30. The molecule has 1 heterocycles. The molecular formula is C18H26N2O. The van der Waals surface area contributed by atoms with Crippen LogP contribution in [-0.2, 0) is 16.8 Å². The first-order chi connectivity index (χ1) is 10.2. The number of hydrogen-bond donors (Lipinski definition) is 2. The molecule has 0 unspecified atom stereocenters. The summed E-state index contributed by atoms with van der Waals surface area (Å²) in [5.41, 5.74) is 2.60. The number of amides is 1. The monoisotopic (exact) mass is 286 g/mol. The highest BCUT2D eigenvalue weighted by Gasteiger charge is 2.32. The van der Waals surface area contributed by atoms with Crippen LogP contribution in [0.5, 0.6) is 0 Å². The minimum Gasteiger partial charge on any atom is -0.354 e. The first-order valence-corrected chi connectivity index (χ1v) is 8.30. The molecule has 21 heavy (non-hydrogen) atoms. The van der Waals surface area contributed by atoms with Crippen LogP contribution in [0.3, 0.4) is 0 Å². The van der Waals surface area contributed by atoms with E-state index in [1.54, 1.807) is 0 Å². The Balaban J connectivity index is 1.66. The molecule has 1 saturated carbocycles. The molecule has 1 fully saturated rings. The molecule has 1 amide bonds. The molecule has 3 heteroatoms. The Labute approximate surface area is 127 Å². The van der Waals surface area contributed by atoms with Gasteiger partial charge in [-0.05, 0) is 37.3 Å². The number of carbonyl (C=O) groups is 1. The van der Waals surface area contributed by atoms with Gasteiger partial charge in [-0.25, -0.2) is 0 Å². The van der Waals surface area contributed by atoms with Gasteiger partial charge in [0.2, 0.25) is 5.91 Å². The molecule has 3 nitrogen and oxygen atoms in total. The van der Waals surface area contributed by atoms with Crippen molar-refractivity contribution in [3.63, 3.8) is 0 Å². The lowest BCUT2D eigenvalue weighted by molar-refractivity contribution is -0.126. The fourth-order valence-corrected chi connectivity index (χ4v) is 3.78. The van der Waals surface area contributed by atoms with Gasteiger partial charge in [0.15, 0.2) is 0 Å². The Bertz CT molecular complexity index is 508. The molecule has 1 atom stereocenters. The van der Waals surface area contributed by atoms with Crippen LogP contribution in [-0.4, -0.2) is 19.0 Å². The molecule has 0 radical (unpaired) electrons. The summed E-state index contributed by atoms with van der Waals surface area (Å²) in [5, 5.41) is 6.80. The number of benzene rings is 1. The number of fused-ring (bicyclic) bond motifs is 1. The van der Waals surface area contributed by atoms with Crippen LogP contribution in [0.25, 0.3) is 0 Å². The van der Waals surface area contributed by atoms with Crippen LogP contribution >= 0.6 is 0 Å². The van der Waals surface area contributed by atoms with Crippen molar-refractivity contribution in [1.82, 2.24) is 10.6 Å². The molecule has 1 aliphatic heterocycles. The Morgan fingerprint density at radius 1 is 1.29 bits per heavy atom. The minimum absolute atomic E-state index is 0.140. The maximum absolute atomic E-state index is 12.4. The third-order valence-electron chi connectivity index (χ3n) is 5.11. The topological polar surface area (TPSA) is 41.1 Å². The third-order valence-corrected chi connectivity index (χ3v) is 5.11. The zero-order valence-corrected chi connectivity index (χ0v) is 13.0. The van der Waals surface area contributed by atoms with Gasteiger partial charge < -0.3 is 10.6 Å². The van der Waals surface area contributed by atoms with Crippen molar-refractivity contribution < 1.29 is 4.79 Å². The highest BCUT2D eigenvalue weighted by Crippen LogP contribution is 2.28. The summed E-state index contributed by atoms with van der Waals surface area (Å²) in [4.78, 5) is 12.4. The number of nitrogens with one attached hydrogen (secondary N) is 2. The van der Waals surface area contributed by atoms with Crippen LogP contribution in [0.1, 0.15) is 50.2 Å². The smallest absolute Gasteiger partial charge is 0.223 e. The van der Waals surface area contributed by atoms with Crippen molar-refractivity contribution in [3.8, 4) is 0 Å². The molecule has 0 bridgehead atoms. The lowest BCUT2D eigenvalue weighted by atomic mass is 9.83. The van der Waals surface area contributed by atoms with Gasteiger partial charge >= 0.3 is 0 Å². The van der Waals surface area contributed by atoms with E-state index >= 15 is 0 Å². The summed E-state index contributed by atoms with van der Waals surface area (Å²) < 4.78 is 0. The van der Waals surface area contributed by atoms with Gasteiger partial charge in [-0.3, -0.25) is 4.79 Å². The quantitative estimate of drug-likeness (QED) is 0.897. The van der Waals surface area contributed by atoms with Gasteiger partial charge in [-0.1, -0.05) is 43.5 Å². The van der Waals surface area contributed by atoms with Gasteiger partial charge in [-0.15, -0.1) is 0 Å². The second kappa shape index (κ2) is 6.18. The van der Waals surface area contributed by atoms with E-state index in [1.807, 2.05) is 0 Å². The van der Waals surface area contributed by atoms with Crippen LogP contribution < -0.4 is 10.6 Å². The summed E-state index contributed by atoms with van der Waals surface area (Å²) in [5.74, 6) is 0.488. The average Bonchev–Trinajstić information content (AvgIpc) is 2.54. The number of carbonyl (C=O) groups excluding carboxylic acids is 1. The lowest BCUT2D eigenvalue weighted by Crippen LogP contribution is -2.53. The van der Waals surface area contributed by atoms with E-state index in [4.69, 9.17) is 0 Å². The molecule has 3 rings (SSSR count). The average molecular weight is 286 g/mol. The Morgan fingerprint density at radius 2 is 2.05 bits per heavy atom. The van der Waals surface area contributed by atoms with Crippen LogP contribution in [0.15, 0.2) is 24.3 Å². The predicted molar refractivity (Wildman–Crippen MR) is 85.1 cm³/mol. The van der Waals surface area contributed by atoms with Crippen LogP contribution in [0.4, 0.5) is 0 Å². The molecule has 0 spiro atoms. The summed E-state index contributed by atoms with van der Waals surface area (Å²) in [6.45, 7) is 3.86. The van der Waals surface area contributed by atoms with Crippen molar-refractivity contribution in [2.75, 3.05) is 13.1 Å². The normalized spacial score (nSPS) is 26.1. The Kier molecular flexibility index (Phi) is 4.29. The molecule has 2 N–H and O–H groups in total. The molecular weight excluding hydrogens is 260 g/mol. The summed E-state index contributed by atoms with van der Waals surface area (Å²) in [6.07, 6.45) is 6.89. The lowest BCUT2D eigenvalue weighted by Gasteiger charge is -2.38. The van der Waals surface area contributed by atoms with E-state index in [1.165, 1.54) is 30.4 Å². The van der Waals surface area contributed by atoms with Crippen molar-refractivity contribution in [3.05, 3.63) is 35.4 Å². The minimum atomic E-state index is -0.140. The molecule has 1 aliphatic carbocycles. The van der Waals surface area contributed by atoms with E-state index in [0.29, 0.717) is 6.54 Å². The number of rotatable bonds is 3. The van der Waals surface area contributed by atoms with Crippen molar-refractivity contribution in [1.29, 1.82) is 0 Å². The highest BCUT2D eigenvalue weighted by molar-refractivity contribution is 5.78. The maximum Gasteiger partial charge on any atom is 0.223 e. The Morgan fingerprint density at radius 3 is 2.86 bits per heavy atom. The van der Waals surface area contributed by atoms with Gasteiger partial charge in [0.25, 0.3) is 0 Å². The van der Waals surface area contributed by atoms with Crippen molar-refractivity contribution in [2.45, 2.75) is 51.0 Å². The summed E-state index contributed by atoms with van der Waals surface area (Å²) in [7, 11) is 0. The summed E-state index contributed by atoms with van der Waals surface area (Å²) >= 11 is 0. The molecule has 114 valence electrons. The van der Waals surface area contributed by atoms with Crippen molar-refractivity contribution in [2.24, 2.45) is 5.92 Å².